The largest absolute Gasteiger partial charge is 0.384 e. The van der Waals surface area contributed by atoms with Gasteiger partial charge in [0.05, 0.1) is 17.8 Å². The van der Waals surface area contributed by atoms with Gasteiger partial charge in [-0.25, -0.2) is 13.8 Å². The number of hydrogen-bond donors (Lipinski definition) is 5. The van der Waals surface area contributed by atoms with Crippen LogP contribution >= 0.6 is 0 Å². The zero-order chi connectivity index (χ0) is 43.8. The topological polar surface area (TPSA) is 230 Å². The fourth-order valence-electron chi connectivity index (χ4n) is 7.91. The molecule has 0 aliphatic carbocycles. The van der Waals surface area contributed by atoms with Crippen LogP contribution in [0.1, 0.15) is 50.0 Å². The molecule has 1 aromatic heterocycles. The Bertz CT molecular complexity index is 2220. The van der Waals surface area contributed by atoms with Crippen molar-refractivity contribution >= 4 is 39.7 Å². The Hall–Kier alpha value is -5.41. The van der Waals surface area contributed by atoms with Crippen LogP contribution < -0.4 is 16.0 Å². The smallest absolute Gasteiger partial charge is 0.270 e. The minimum atomic E-state index is -4.82. The van der Waals surface area contributed by atoms with Gasteiger partial charge in [-0.05, 0) is 61.8 Å². The fourth-order valence-corrected chi connectivity index (χ4v) is 8.61. The summed E-state index contributed by atoms with van der Waals surface area (Å²) in [7, 11) is -4.82. The maximum atomic E-state index is 15.2. The zero-order valence-electron chi connectivity index (χ0n) is 33.4. The van der Waals surface area contributed by atoms with Crippen LogP contribution in [0.3, 0.4) is 0 Å². The lowest BCUT2D eigenvalue weighted by atomic mass is 9.88. The Morgan fingerprint density at radius 2 is 1.72 bits per heavy atom. The van der Waals surface area contributed by atoms with Gasteiger partial charge in [0.1, 0.15) is 28.8 Å². The van der Waals surface area contributed by atoms with Gasteiger partial charge >= 0.3 is 0 Å². The molecule has 5 atom stereocenters. The summed E-state index contributed by atoms with van der Waals surface area (Å²) in [6, 6.07) is 11.2. The van der Waals surface area contributed by atoms with Gasteiger partial charge < -0.3 is 35.3 Å². The van der Waals surface area contributed by atoms with Crippen LogP contribution in [-0.2, 0) is 45.4 Å². The number of halogens is 2. The molecule has 3 aliphatic rings. The first-order valence-corrected chi connectivity index (χ1v) is 21.5. The van der Waals surface area contributed by atoms with Gasteiger partial charge in [0.15, 0.2) is 0 Å². The van der Waals surface area contributed by atoms with E-state index in [1.165, 1.54) is 6.92 Å². The molecule has 3 aliphatic heterocycles. The highest BCUT2D eigenvalue weighted by molar-refractivity contribution is 7.86. The summed E-state index contributed by atoms with van der Waals surface area (Å²) < 4.78 is 70.6. The van der Waals surface area contributed by atoms with Crippen molar-refractivity contribution in [2.75, 3.05) is 45.9 Å². The van der Waals surface area contributed by atoms with Crippen molar-refractivity contribution < 1.29 is 55.6 Å². The number of imidazole rings is 1. The van der Waals surface area contributed by atoms with Gasteiger partial charge in [-0.1, -0.05) is 30.3 Å². The third kappa shape index (κ3) is 11.5. The molecule has 20 heteroatoms. The molecular formula is C41H49F2N7O10S. The lowest BCUT2D eigenvalue weighted by molar-refractivity contribution is -0.145. The minimum Gasteiger partial charge on any atom is -0.384 e. The molecule has 17 nitrogen and oxygen atoms in total. The van der Waals surface area contributed by atoms with E-state index in [2.05, 4.69) is 16.0 Å². The molecule has 0 saturated carbocycles. The summed E-state index contributed by atoms with van der Waals surface area (Å²) in [6.07, 6.45) is 2.77. The lowest BCUT2D eigenvalue weighted by Gasteiger charge is -2.40. The summed E-state index contributed by atoms with van der Waals surface area (Å²) in [6.45, 7) is 2.06. The van der Waals surface area contributed by atoms with E-state index in [4.69, 9.17) is 9.72 Å². The average molecular weight is 870 g/mol. The summed E-state index contributed by atoms with van der Waals surface area (Å²) in [5, 5.41) is 17.4. The highest BCUT2D eigenvalue weighted by Crippen LogP contribution is 2.38. The number of benzene rings is 2. The molecule has 328 valence electrons. The number of aliphatic hydroxyl groups is 1. The van der Waals surface area contributed by atoms with Crippen molar-refractivity contribution in [2.45, 2.75) is 62.6 Å². The Kier molecular flexibility index (Phi) is 14.8. The van der Waals surface area contributed by atoms with Crippen molar-refractivity contribution in [3.63, 3.8) is 0 Å². The minimum absolute atomic E-state index is 0.0476. The quantitative estimate of drug-likeness (QED) is 0.0694. The van der Waals surface area contributed by atoms with Gasteiger partial charge in [-0.15, -0.1) is 0 Å². The number of aliphatic hydroxyl groups excluding tert-OH is 1. The molecule has 5 amide bonds. The molecule has 0 bridgehead atoms. The first-order chi connectivity index (χ1) is 29.1. The SMILES string of the molecule is C[C@H](O)C(=O)N(CC1CNC(C(=O)NCCNC(=O)CC(CN2C(=O)C=CC2=O)S(=O)(=O)O)C1)[C@@H](c1nc(-c2cc(F)ccc2F)cn1Cc1ccccc1)C1CCOCC1. The van der Waals surface area contributed by atoms with Gasteiger partial charge in [-0.2, -0.15) is 8.42 Å². The summed E-state index contributed by atoms with van der Waals surface area (Å²) in [5.74, 6) is -4.69. The van der Waals surface area contributed by atoms with E-state index < -0.39 is 87.7 Å². The van der Waals surface area contributed by atoms with Crippen molar-refractivity contribution in [1.29, 1.82) is 0 Å². The molecule has 61 heavy (non-hydrogen) atoms. The molecule has 6 rings (SSSR count). The molecule has 2 fully saturated rings. The van der Waals surface area contributed by atoms with Crippen LogP contribution in [0.25, 0.3) is 11.3 Å². The van der Waals surface area contributed by atoms with Crippen LogP contribution in [0, 0.1) is 23.5 Å². The number of nitrogens with one attached hydrogen (secondary N) is 3. The maximum Gasteiger partial charge on any atom is 0.270 e. The Morgan fingerprint density at radius 1 is 1.03 bits per heavy atom. The molecule has 0 spiro atoms. The number of carbonyl (C=O) groups is 5. The predicted molar refractivity (Wildman–Crippen MR) is 215 cm³/mol. The summed E-state index contributed by atoms with van der Waals surface area (Å²) in [5.41, 5.74) is 1.02. The van der Waals surface area contributed by atoms with Crippen LogP contribution in [0.5, 0.6) is 0 Å². The van der Waals surface area contributed by atoms with E-state index >= 15 is 4.39 Å². The fraction of sp³-hybridized carbons (Fsp3) is 0.463. The zero-order valence-corrected chi connectivity index (χ0v) is 34.2. The normalized spacial score (nSPS) is 19.8. The molecule has 3 aromatic rings. The van der Waals surface area contributed by atoms with E-state index in [0.29, 0.717) is 56.3 Å². The maximum absolute atomic E-state index is 15.2. The third-order valence-electron chi connectivity index (χ3n) is 11.0. The molecule has 2 saturated heterocycles. The second-order valence-corrected chi connectivity index (χ2v) is 17.1. The van der Waals surface area contributed by atoms with Gasteiger partial charge in [0.2, 0.25) is 11.8 Å². The van der Waals surface area contributed by atoms with Crippen molar-refractivity contribution in [1.82, 2.24) is 35.3 Å². The number of rotatable bonds is 18. The van der Waals surface area contributed by atoms with Crippen molar-refractivity contribution in [3.05, 3.63) is 89.9 Å². The number of aromatic nitrogens is 2. The van der Waals surface area contributed by atoms with Crippen LogP contribution in [0.4, 0.5) is 8.78 Å². The standard InChI is InChI=1S/C41H49F2N7O10S/c1-25(51)41(56)50(22-27-17-33(46-20-27)40(55)45-14-13-44-35(52)19-30(61(57,58)59)23-49-36(53)9-10-37(49)54)38(28-11-15-60-16-12-28)39-47-34(31-18-29(42)7-8-32(31)43)24-48(39)21-26-5-3-2-4-6-26/h2-10,18,24-25,27-28,30,33,38,46,51H,11-17,19-23H2,1H3,(H,44,52)(H,45,55)(H,57,58,59)/t25-,27?,30?,33?,38+/m0/s1. The average Bonchev–Trinajstić information content (AvgIpc) is 3.96. The molecular weight excluding hydrogens is 821 g/mol. The highest BCUT2D eigenvalue weighted by atomic mass is 32.2. The molecule has 2 aromatic carbocycles. The van der Waals surface area contributed by atoms with E-state index in [-0.39, 0.29) is 42.7 Å². The number of nitrogens with zero attached hydrogens (tertiary/aromatic N) is 4. The number of imide groups is 1. The first kappa shape index (κ1) is 45.1. The van der Waals surface area contributed by atoms with Crippen molar-refractivity contribution in [2.24, 2.45) is 11.8 Å². The van der Waals surface area contributed by atoms with Crippen LogP contribution in [0.2, 0.25) is 0 Å². The second kappa shape index (κ2) is 20.0. The Labute approximate surface area is 351 Å². The van der Waals surface area contributed by atoms with E-state index in [0.717, 1.165) is 35.9 Å². The van der Waals surface area contributed by atoms with Gasteiger partial charge in [0, 0.05) is 82.8 Å². The highest BCUT2D eigenvalue weighted by Gasteiger charge is 2.41. The first-order valence-electron chi connectivity index (χ1n) is 20.0. The van der Waals surface area contributed by atoms with Gasteiger partial charge in [-0.3, -0.25) is 33.4 Å². The van der Waals surface area contributed by atoms with E-state index in [1.54, 1.807) is 11.1 Å². The molecule has 5 N–H and O–H groups in total. The number of hydrogen-bond acceptors (Lipinski definition) is 11. The summed E-state index contributed by atoms with van der Waals surface area (Å²) in [4.78, 5) is 70.8. The van der Waals surface area contributed by atoms with Crippen molar-refractivity contribution in [3.8, 4) is 11.3 Å². The second-order valence-electron chi connectivity index (χ2n) is 15.4. The predicted octanol–water partition coefficient (Wildman–Crippen LogP) is 1.34. The number of carbonyl (C=O) groups excluding carboxylic acids is 5. The molecule has 4 heterocycles. The molecule has 0 radical (unpaired) electrons. The molecule has 3 unspecified atom stereocenters. The van der Waals surface area contributed by atoms with E-state index in [9.17, 15) is 46.4 Å². The monoisotopic (exact) mass is 869 g/mol. The lowest BCUT2D eigenvalue weighted by Crippen LogP contribution is -2.47. The third-order valence-corrected chi connectivity index (χ3v) is 12.2. The number of ether oxygens (including phenoxy) is 1. The van der Waals surface area contributed by atoms with Crippen LogP contribution in [-0.4, -0.2) is 130 Å². The Balaban J connectivity index is 1.15. The summed E-state index contributed by atoms with van der Waals surface area (Å²) >= 11 is 0. The number of amides is 5. The van der Waals surface area contributed by atoms with E-state index in [1.807, 2.05) is 34.9 Å². The van der Waals surface area contributed by atoms with Crippen LogP contribution in [0.15, 0.2) is 66.9 Å². The van der Waals surface area contributed by atoms with Gasteiger partial charge in [0.25, 0.3) is 27.8 Å². The Morgan fingerprint density at radius 3 is 2.39 bits per heavy atom.